The first kappa shape index (κ1) is 10.4. The summed E-state index contributed by atoms with van der Waals surface area (Å²) in [6.07, 6.45) is 0.833. The van der Waals surface area contributed by atoms with Gasteiger partial charge in [0.1, 0.15) is 0 Å². The summed E-state index contributed by atoms with van der Waals surface area (Å²) >= 11 is 3.20. The van der Waals surface area contributed by atoms with Crippen molar-refractivity contribution in [3.63, 3.8) is 0 Å². The molecule has 0 aromatic carbocycles. The second-order valence-electron chi connectivity index (χ2n) is 1.84. The van der Waals surface area contributed by atoms with Crippen molar-refractivity contribution in [2.45, 2.75) is 13.3 Å². The van der Waals surface area contributed by atoms with Gasteiger partial charge in [-0.05, 0) is 13.3 Å². The Hall–Kier alpha value is 0.390. The highest BCUT2D eigenvalue weighted by molar-refractivity contribution is 9.09. The predicted molar refractivity (Wildman–Crippen MR) is 45.9 cm³/mol. The molecule has 0 aliphatic heterocycles. The topological polar surface area (TPSA) is 46.2 Å². The van der Waals surface area contributed by atoms with Crippen molar-refractivity contribution in [2.75, 3.05) is 17.6 Å². The van der Waals surface area contributed by atoms with Gasteiger partial charge in [0.2, 0.25) is 10.0 Å². The van der Waals surface area contributed by atoms with Crippen LogP contribution in [0.3, 0.4) is 0 Å². The van der Waals surface area contributed by atoms with E-state index in [-0.39, 0.29) is 5.75 Å². The summed E-state index contributed by atoms with van der Waals surface area (Å²) in [6.45, 7) is 2.15. The zero-order chi connectivity index (χ0) is 8.04. The van der Waals surface area contributed by atoms with Gasteiger partial charge in [0, 0.05) is 11.9 Å². The van der Waals surface area contributed by atoms with Gasteiger partial charge in [-0.15, -0.1) is 0 Å². The van der Waals surface area contributed by atoms with Crippen LogP contribution in [0.25, 0.3) is 0 Å². The molecule has 10 heavy (non-hydrogen) atoms. The van der Waals surface area contributed by atoms with Gasteiger partial charge in [-0.1, -0.05) is 15.9 Å². The summed E-state index contributed by atoms with van der Waals surface area (Å²) in [7, 11) is -2.96. The molecule has 0 spiro atoms. The molecule has 0 aromatic heterocycles. The zero-order valence-corrected chi connectivity index (χ0v) is 8.33. The van der Waals surface area contributed by atoms with Crippen molar-refractivity contribution in [2.24, 2.45) is 0 Å². The Morgan fingerprint density at radius 2 is 2.10 bits per heavy atom. The van der Waals surface area contributed by atoms with Crippen LogP contribution in [0.1, 0.15) is 13.3 Å². The molecule has 0 rings (SSSR count). The van der Waals surface area contributed by atoms with E-state index in [9.17, 15) is 8.42 Å². The van der Waals surface area contributed by atoms with E-state index < -0.39 is 10.0 Å². The van der Waals surface area contributed by atoms with E-state index in [4.69, 9.17) is 0 Å². The van der Waals surface area contributed by atoms with Crippen LogP contribution in [-0.4, -0.2) is 26.0 Å². The number of hydrogen-bond acceptors (Lipinski definition) is 2. The van der Waals surface area contributed by atoms with Gasteiger partial charge in [0.25, 0.3) is 0 Å². The van der Waals surface area contributed by atoms with Crippen molar-refractivity contribution in [3.05, 3.63) is 0 Å². The number of halogens is 1. The van der Waals surface area contributed by atoms with Crippen molar-refractivity contribution in [3.8, 4) is 0 Å². The van der Waals surface area contributed by atoms with Crippen LogP contribution in [0.4, 0.5) is 0 Å². The third kappa shape index (κ3) is 5.20. The van der Waals surface area contributed by atoms with E-state index in [0.29, 0.717) is 6.54 Å². The number of sulfonamides is 1. The molecule has 0 fully saturated rings. The van der Waals surface area contributed by atoms with Gasteiger partial charge in [0.05, 0.1) is 5.75 Å². The molecule has 0 radical (unpaired) electrons. The van der Waals surface area contributed by atoms with E-state index in [0.717, 1.165) is 11.8 Å². The third-order valence-electron chi connectivity index (χ3n) is 1.01. The van der Waals surface area contributed by atoms with Crippen LogP contribution in [0.5, 0.6) is 0 Å². The highest BCUT2D eigenvalue weighted by Gasteiger charge is 2.02. The number of hydrogen-bond donors (Lipinski definition) is 1. The lowest BCUT2D eigenvalue weighted by atomic mass is 10.5. The largest absolute Gasteiger partial charge is 0.215 e. The Bertz CT molecular complexity index is 166. The van der Waals surface area contributed by atoms with E-state index in [2.05, 4.69) is 20.7 Å². The molecule has 0 aliphatic carbocycles. The SMILES string of the molecule is CCS(=O)(=O)NCCCBr. The number of nitrogens with one attached hydrogen (secondary N) is 1. The average molecular weight is 230 g/mol. The van der Waals surface area contributed by atoms with Gasteiger partial charge in [0.15, 0.2) is 0 Å². The molecule has 0 heterocycles. The molecule has 0 unspecified atom stereocenters. The molecule has 5 heteroatoms. The maximum atomic E-state index is 10.7. The smallest absolute Gasteiger partial charge is 0.211 e. The molecule has 0 saturated heterocycles. The third-order valence-corrected chi connectivity index (χ3v) is 2.98. The van der Waals surface area contributed by atoms with Crippen LogP contribution >= 0.6 is 15.9 Å². The van der Waals surface area contributed by atoms with Crippen molar-refractivity contribution < 1.29 is 8.42 Å². The lowest BCUT2D eigenvalue weighted by molar-refractivity contribution is 0.582. The fourth-order valence-corrected chi connectivity index (χ4v) is 1.34. The first-order valence-corrected chi connectivity index (χ1v) is 5.93. The summed E-state index contributed by atoms with van der Waals surface area (Å²) in [4.78, 5) is 0. The average Bonchev–Trinajstić information content (AvgIpc) is 1.89. The summed E-state index contributed by atoms with van der Waals surface area (Å²) in [5, 5.41) is 0.833. The van der Waals surface area contributed by atoms with Gasteiger partial charge >= 0.3 is 0 Å². The molecule has 0 bridgehead atoms. The Morgan fingerprint density at radius 1 is 1.50 bits per heavy atom. The molecule has 0 atom stereocenters. The number of alkyl halides is 1. The molecular weight excluding hydrogens is 218 g/mol. The standard InChI is InChI=1S/C5H12BrNO2S/c1-2-10(8,9)7-5-3-4-6/h7H,2-5H2,1H3. The molecule has 0 saturated carbocycles. The first-order valence-electron chi connectivity index (χ1n) is 3.15. The molecule has 0 aromatic rings. The van der Waals surface area contributed by atoms with E-state index in [1.807, 2.05) is 0 Å². The van der Waals surface area contributed by atoms with E-state index in [1.54, 1.807) is 6.92 Å². The Morgan fingerprint density at radius 3 is 2.50 bits per heavy atom. The Labute approximate surface area is 70.4 Å². The minimum absolute atomic E-state index is 0.162. The Balaban J connectivity index is 3.49. The highest BCUT2D eigenvalue weighted by Crippen LogP contribution is 1.87. The first-order chi connectivity index (χ1) is 4.62. The van der Waals surface area contributed by atoms with Crippen molar-refractivity contribution in [1.29, 1.82) is 0 Å². The summed E-state index contributed by atoms with van der Waals surface area (Å²) < 4.78 is 23.9. The van der Waals surface area contributed by atoms with Gasteiger partial charge in [-0.3, -0.25) is 0 Å². The van der Waals surface area contributed by atoms with Crippen LogP contribution < -0.4 is 4.72 Å². The maximum absolute atomic E-state index is 10.7. The van der Waals surface area contributed by atoms with Crippen molar-refractivity contribution >= 4 is 26.0 Å². The number of rotatable bonds is 5. The van der Waals surface area contributed by atoms with Crippen LogP contribution in [0.2, 0.25) is 0 Å². The zero-order valence-electron chi connectivity index (χ0n) is 5.93. The summed E-state index contributed by atoms with van der Waals surface area (Å²) in [6, 6.07) is 0. The normalized spacial score (nSPS) is 11.8. The second kappa shape index (κ2) is 5.09. The molecule has 1 N–H and O–H groups in total. The minimum Gasteiger partial charge on any atom is -0.215 e. The predicted octanol–water partition coefficient (Wildman–Crippen LogP) is 0.711. The molecule has 0 aliphatic rings. The van der Waals surface area contributed by atoms with E-state index in [1.165, 1.54) is 0 Å². The molecule has 62 valence electrons. The van der Waals surface area contributed by atoms with E-state index >= 15 is 0 Å². The van der Waals surface area contributed by atoms with Crippen molar-refractivity contribution in [1.82, 2.24) is 4.72 Å². The lowest BCUT2D eigenvalue weighted by Crippen LogP contribution is -2.26. The fourth-order valence-electron chi connectivity index (χ4n) is 0.397. The molecule has 0 amide bonds. The summed E-state index contributed by atoms with van der Waals surface area (Å²) in [5.74, 6) is 0.162. The Kier molecular flexibility index (Phi) is 5.29. The fraction of sp³-hybridized carbons (Fsp3) is 1.00. The summed E-state index contributed by atoms with van der Waals surface area (Å²) in [5.41, 5.74) is 0. The molecule has 3 nitrogen and oxygen atoms in total. The monoisotopic (exact) mass is 229 g/mol. The van der Waals surface area contributed by atoms with Gasteiger partial charge in [-0.2, -0.15) is 0 Å². The minimum atomic E-state index is -2.96. The lowest BCUT2D eigenvalue weighted by Gasteiger charge is -2.00. The van der Waals surface area contributed by atoms with Crippen LogP contribution in [-0.2, 0) is 10.0 Å². The second-order valence-corrected chi connectivity index (χ2v) is 4.73. The van der Waals surface area contributed by atoms with Crippen LogP contribution in [0, 0.1) is 0 Å². The van der Waals surface area contributed by atoms with Crippen LogP contribution in [0.15, 0.2) is 0 Å². The molecular formula is C5H12BrNO2S. The highest BCUT2D eigenvalue weighted by atomic mass is 79.9. The maximum Gasteiger partial charge on any atom is 0.211 e. The van der Waals surface area contributed by atoms with Gasteiger partial charge in [-0.25, -0.2) is 13.1 Å². The quantitative estimate of drug-likeness (QED) is 0.558. The van der Waals surface area contributed by atoms with Gasteiger partial charge < -0.3 is 0 Å².